The van der Waals surface area contributed by atoms with Crippen LogP contribution >= 0.6 is 0 Å². The zero-order valence-electron chi connectivity index (χ0n) is 14.5. The summed E-state index contributed by atoms with van der Waals surface area (Å²) in [5.41, 5.74) is -0.262. The van der Waals surface area contributed by atoms with Crippen LogP contribution in [-0.4, -0.2) is 37.8 Å². The lowest BCUT2D eigenvalue weighted by atomic mass is 9.77. The van der Waals surface area contributed by atoms with E-state index in [-0.39, 0.29) is 11.5 Å². The summed E-state index contributed by atoms with van der Waals surface area (Å²) in [6.07, 6.45) is 7.02. The molecule has 1 rings (SSSR count). The quantitative estimate of drug-likeness (QED) is 0.601. The van der Waals surface area contributed by atoms with E-state index in [1.165, 1.54) is 0 Å². The van der Waals surface area contributed by atoms with E-state index >= 15 is 0 Å². The fourth-order valence-corrected chi connectivity index (χ4v) is 6.20. The van der Waals surface area contributed by atoms with Crippen LogP contribution in [0.5, 0.6) is 0 Å². The Morgan fingerprint density at radius 1 is 1.43 bits per heavy atom. The third-order valence-electron chi connectivity index (χ3n) is 4.23. The molecule has 0 aromatic heterocycles. The van der Waals surface area contributed by atoms with Crippen molar-refractivity contribution in [3.8, 4) is 12.3 Å². The Kier molecular flexibility index (Phi) is 6.08. The lowest BCUT2D eigenvalue weighted by Gasteiger charge is -2.49. The van der Waals surface area contributed by atoms with Crippen LogP contribution < -0.4 is 0 Å². The molecule has 0 aromatic carbocycles. The summed E-state index contributed by atoms with van der Waals surface area (Å²) < 4.78 is 11.8. The molecule has 0 amide bonds. The van der Waals surface area contributed by atoms with Crippen molar-refractivity contribution in [2.75, 3.05) is 6.61 Å². The summed E-state index contributed by atoms with van der Waals surface area (Å²) in [5, 5.41) is 10.8. The zero-order valence-corrected chi connectivity index (χ0v) is 15.5. The molecule has 3 nitrogen and oxygen atoms in total. The SMILES string of the molecule is C#CCC[C@H](O)[C@](C)(C[Si](C)(C)C)[C@@H]1CCOC(C)(C)O1. The first kappa shape index (κ1) is 18.7. The van der Waals surface area contributed by atoms with Crippen molar-refractivity contribution in [1.82, 2.24) is 0 Å². The van der Waals surface area contributed by atoms with Gasteiger partial charge in [0.1, 0.15) is 0 Å². The molecule has 1 aliphatic heterocycles. The van der Waals surface area contributed by atoms with Gasteiger partial charge < -0.3 is 14.6 Å². The van der Waals surface area contributed by atoms with Gasteiger partial charge in [0.25, 0.3) is 0 Å². The van der Waals surface area contributed by atoms with Crippen molar-refractivity contribution >= 4 is 8.07 Å². The smallest absolute Gasteiger partial charge is 0.163 e. The van der Waals surface area contributed by atoms with Gasteiger partial charge in [0.15, 0.2) is 5.79 Å². The summed E-state index contributed by atoms with van der Waals surface area (Å²) in [5.74, 6) is 2.06. The molecular weight excluding hydrogens is 280 g/mol. The summed E-state index contributed by atoms with van der Waals surface area (Å²) in [6, 6.07) is 1.02. The number of hydrogen-bond acceptors (Lipinski definition) is 3. The van der Waals surface area contributed by atoms with Gasteiger partial charge in [-0.1, -0.05) is 26.6 Å². The molecule has 0 aromatic rings. The second kappa shape index (κ2) is 6.83. The average Bonchev–Trinajstić information content (AvgIpc) is 2.32. The van der Waals surface area contributed by atoms with Crippen molar-refractivity contribution < 1.29 is 14.6 Å². The van der Waals surface area contributed by atoms with E-state index in [2.05, 4.69) is 32.5 Å². The highest BCUT2D eigenvalue weighted by molar-refractivity contribution is 6.76. The molecule has 1 heterocycles. The molecule has 0 bridgehead atoms. The number of aliphatic hydroxyl groups excluding tert-OH is 1. The largest absolute Gasteiger partial charge is 0.392 e. The van der Waals surface area contributed by atoms with Gasteiger partial charge in [0.05, 0.1) is 18.8 Å². The van der Waals surface area contributed by atoms with E-state index in [4.69, 9.17) is 15.9 Å². The van der Waals surface area contributed by atoms with Gasteiger partial charge >= 0.3 is 0 Å². The Bertz CT molecular complexity index is 380. The Labute approximate surface area is 131 Å². The molecule has 1 N–H and O–H groups in total. The molecule has 1 fully saturated rings. The van der Waals surface area contributed by atoms with Crippen molar-refractivity contribution in [3.05, 3.63) is 0 Å². The summed E-state index contributed by atoms with van der Waals surface area (Å²) >= 11 is 0. The molecule has 122 valence electrons. The minimum atomic E-state index is -1.36. The van der Waals surface area contributed by atoms with Gasteiger partial charge in [-0.2, -0.15) is 0 Å². The van der Waals surface area contributed by atoms with Crippen LogP contribution in [0, 0.1) is 17.8 Å². The van der Waals surface area contributed by atoms with Gasteiger partial charge in [-0.15, -0.1) is 12.3 Å². The fraction of sp³-hybridized carbons (Fsp3) is 0.882. The third-order valence-corrected chi connectivity index (χ3v) is 6.05. The first-order valence-electron chi connectivity index (χ1n) is 7.93. The van der Waals surface area contributed by atoms with Crippen molar-refractivity contribution in [1.29, 1.82) is 0 Å². The van der Waals surface area contributed by atoms with Crippen LogP contribution in [-0.2, 0) is 9.47 Å². The normalized spacial score (nSPS) is 26.7. The molecule has 0 unspecified atom stereocenters. The maximum absolute atomic E-state index is 10.8. The fourth-order valence-electron chi connectivity index (χ4n) is 3.45. The molecule has 1 aliphatic rings. The Hall–Kier alpha value is -0.343. The molecule has 1 saturated heterocycles. The second-order valence-corrected chi connectivity index (χ2v) is 13.6. The van der Waals surface area contributed by atoms with E-state index in [1.54, 1.807) is 0 Å². The zero-order chi connectivity index (χ0) is 16.3. The number of terminal acetylenes is 1. The number of hydrogen-bond donors (Lipinski definition) is 1. The number of aliphatic hydroxyl groups is 1. The van der Waals surface area contributed by atoms with Crippen LogP contribution in [0.4, 0.5) is 0 Å². The maximum atomic E-state index is 10.8. The lowest BCUT2D eigenvalue weighted by Crippen LogP contribution is -2.54. The molecular formula is C17H32O3Si. The molecule has 4 heteroatoms. The Balaban J connectivity index is 2.98. The van der Waals surface area contributed by atoms with Crippen LogP contribution in [0.15, 0.2) is 0 Å². The molecule has 3 atom stereocenters. The standard InChI is InChI=1S/C17H32O3Si/c1-8-9-10-14(18)17(4,13-21(5,6)7)15-11-12-19-16(2,3)20-15/h1,14-15,18H,9-13H2,2-7H3/t14-,15-,17-/m0/s1. The molecule has 0 saturated carbocycles. The predicted octanol–water partition coefficient (Wildman–Crippen LogP) is 3.65. The minimum absolute atomic E-state index is 0.0146. The highest BCUT2D eigenvalue weighted by Crippen LogP contribution is 2.43. The van der Waals surface area contributed by atoms with Crippen LogP contribution in [0.1, 0.15) is 40.0 Å². The second-order valence-electron chi connectivity index (χ2n) is 8.15. The van der Waals surface area contributed by atoms with E-state index in [9.17, 15) is 5.11 Å². The van der Waals surface area contributed by atoms with Gasteiger partial charge in [-0.05, 0) is 32.7 Å². The van der Waals surface area contributed by atoms with Crippen molar-refractivity contribution in [3.63, 3.8) is 0 Å². The van der Waals surface area contributed by atoms with E-state index in [1.807, 2.05) is 13.8 Å². The number of rotatable bonds is 6. The van der Waals surface area contributed by atoms with E-state index < -0.39 is 20.0 Å². The molecule has 0 radical (unpaired) electrons. The van der Waals surface area contributed by atoms with Gasteiger partial charge in [0, 0.05) is 19.9 Å². The summed E-state index contributed by atoms with van der Waals surface area (Å²) in [7, 11) is -1.36. The molecule has 21 heavy (non-hydrogen) atoms. The first-order valence-corrected chi connectivity index (χ1v) is 11.6. The topological polar surface area (TPSA) is 38.7 Å². The van der Waals surface area contributed by atoms with E-state index in [0.29, 0.717) is 19.4 Å². The minimum Gasteiger partial charge on any atom is -0.392 e. The summed E-state index contributed by atoms with van der Waals surface area (Å²) in [4.78, 5) is 0. The van der Waals surface area contributed by atoms with Gasteiger partial charge in [0.2, 0.25) is 0 Å². The molecule has 0 aliphatic carbocycles. The monoisotopic (exact) mass is 312 g/mol. The van der Waals surface area contributed by atoms with Crippen molar-refractivity contribution in [2.45, 2.75) is 83.7 Å². The average molecular weight is 313 g/mol. The third kappa shape index (κ3) is 5.41. The van der Waals surface area contributed by atoms with Gasteiger partial charge in [-0.3, -0.25) is 0 Å². The van der Waals surface area contributed by atoms with Gasteiger partial charge in [-0.25, -0.2) is 0 Å². The highest BCUT2D eigenvalue weighted by Gasteiger charge is 2.47. The lowest BCUT2D eigenvalue weighted by molar-refractivity contribution is -0.298. The number of ether oxygens (including phenoxy) is 2. The first-order chi connectivity index (χ1) is 9.50. The van der Waals surface area contributed by atoms with E-state index in [0.717, 1.165) is 12.5 Å². The summed E-state index contributed by atoms with van der Waals surface area (Å²) in [6.45, 7) is 13.8. The Morgan fingerprint density at radius 2 is 2.05 bits per heavy atom. The maximum Gasteiger partial charge on any atom is 0.163 e. The van der Waals surface area contributed by atoms with Crippen LogP contribution in [0.3, 0.4) is 0 Å². The Morgan fingerprint density at radius 3 is 2.52 bits per heavy atom. The predicted molar refractivity (Wildman–Crippen MR) is 89.9 cm³/mol. The highest BCUT2D eigenvalue weighted by atomic mass is 28.3. The molecule has 0 spiro atoms. The van der Waals surface area contributed by atoms with Crippen molar-refractivity contribution in [2.24, 2.45) is 5.41 Å². The van der Waals surface area contributed by atoms with Crippen LogP contribution in [0.25, 0.3) is 0 Å². The van der Waals surface area contributed by atoms with Crippen LogP contribution in [0.2, 0.25) is 25.7 Å².